The van der Waals surface area contributed by atoms with E-state index in [1.54, 1.807) is 21.0 Å². The Kier molecular flexibility index (Phi) is 7.84. The molecule has 0 unspecified atom stereocenters. The molecular formula is C17H31ClN4O3. The molecule has 2 rings (SSSR count). The van der Waals surface area contributed by atoms with Crippen molar-refractivity contribution in [3.8, 4) is 0 Å². The summed E-state index contributed by atoms with van der Waals surface area (Å²) in [6.07, 6.45) is 0.742. The number of nitrogens with zero attached hydrogens (tertiary/aromatic N) is 3. The topological polar surface area (TPSA) is 80.5 Å². The monoisotopic (exact) mass is 374 g/mol. The number of aryl methyl sites for hydroxylation is 1. The molecule has 25 heavy (non-hydrogen) atoms. The second-order valence-electron chi connectivity index (χ2n) is 7.35. The molecule has 0 bridgehead atoms. The van der Waals surface area contributed by atoms with Crippen LogP contribution in [0.2, 0.25) is 0 Å². The van der Waals surface area contributed by atoms with E-state index in [-0.39, 0.29) is 24.4 Å². The summed E-state index contributed by atoms with van der Waals surface area (Å²) >= 11 is 0. The zero-order chi connectivity index (χ0) is 17.9. The molecule has 144 valence electrons. The van der Waals surface area contributed by atoms with E-state index in [2.05, 4.69) is 34.2 Å². The number of halogens is 1. The lowest BCUT2D eigenvalue weighted by atomic mass is 9.91. The molecule has 2 atom stereocenters. The van der Waals surface area contributed by atoms with Gasteiger partial charge in [0.1, 0.15) is 5.60 Å². The van der Waals surface area contributed by atoms with Gasteiger partial charge in [-0.1, -0.05) is 25.9 Å². The summed E-state index contributed by atoms with van der Waals surface area (Å²) < 4.78 is 10.5. The normalized spacial score (nSPS) is 21.4. The van der Waals surface area contributed by atoms with Crippen LogP contribution in [0.15, 0.2) is 4.52 Å². The van der Waals surface area contributed by atoms with E-state index in [1.165, 1.54) is 0 Å². The standard InChI is InChI=1S/C17H30N4O3.ClH/c1-7-15-19-14(20-24-15)10-21-8-12(11(2)3)13(9-21)18-16(22)17(4,5)23-6;/h11-13H,7-10H2,1-6H3,(H,18,22);1H/t12-,13+;/m1./s1. The number of hydrogen-bond donors (Lipinski definition) is 1. The zero-order valence-corrected chi connectivity index (χ0v) is 16.9. The number of likely N-dealkylation sites (tertiary alicyclic amines) is 1. The van der Waals surface area contributed by atoms with Gasteiger partial charge >= 0.3 is 0 Å². The third kappa shape index (κ3) is 5.39. The summed E-state index contributed by atoms with van der Waals surface area (Å²) in [5.74, 6) is 2.16. The molecule has 1 aliphatic rings. The summed E-state index contributed by atoms with van der Waals surface area (Å²) in [6, 6.07) is 0.101. The molecule has 1 aromatic rings. The predicted molar refractivity (Wildman–Crippen MR) is 97.5 cm³/mol. The molecule has 1 amide bonds. The molecule has 0 radical (unpaired) electrons. The van der Waals surface area contributed by atoms with Gasteiger partial charge in [-0.15, -0.1) is 12.4 Å². The highest BCUT2D eigenvalue weighted by atomic mass is 35.5. The molecule has 0 aromatic carbocycles. The molecular weight excluding hydrogens is 344 g/mol. The number of carbonyl (C=O) groups excluding carboxylic acids is 1. The van der Waals surface area contributed by atoms with E-state index in [0.717, 1.165) is 19.5 Å². The highest BCUT2D eigenvalue weighted by Crippen LogP contribution is 2.26. The van der Waals surface area contributed by atoms with Crippen LogP contribution in [-0.2, 0) is 22.5 Å². The summed E-state index contributed by atoms with van der Waals surface area (Å²) in [6.45, 7) is 12.3. The summed E-state index contributed by atoms with van der Waals surface area (Å²) in [7, 11) is 1.56. The lowest BCUT2D eigenvalue weighted by Crippen LogP contribution is -2.51. The van der Waals surface area contributed by atoms with Crippen molar-refractivity contribution in [1.29, 1.82) is 0 Å². The number of aromatic nitrogens is 2. The number of ether oxygens (including phenoxy) is 1. The number of nitrogens with one attached hydrogen (secondary N) is 1. The van der Waals surface area contributed by atoms with Crippen molar-refractivity contribution < 1.29 is 14.1 Å². The Bertz CT molecular complexity index is 562. The summed E-state index contributed by atoms with van der Waals surface area (Å²) in [5.41, 5.74) is -0.821. The van der Waals surface area contributed by atoms with Crippen LogP contribution in [0.1, 0.15) is 46.3 Å². The maximum atomic E-state index is 12.4. The largest absolute Gasteiger partial charge is 0.369 e. The molecule has 1 aliphatic heterocycles. The summed E-state index contributed by atoms with van der Waals surface area (Å²) in [5, 5.41) is 7.19. The van der Waals surface area contributed by atoms with Crippen molar-refractivity contribution in [1.82, 2.24) is 20.4 Å². The number of hydrogen-bond acceptors (Lipinski definition) is 6. The second-order valence-corrected chi connectivity index (χ2v) is 7.35. The fourth-order valence-electron chi connectivity index (χ4n) is 3.00. The lowest BCUT2D eigenvalue weighted by Gasteiger charge is -2.28. The van der Waals surface area contributed by atoms with Gasteiger partial charge in [-0.2, -0.15) is 4.98 Å². The minimum Gasteiger partial charge on any atom is -0.369 e. The van der Waals surface area contributed by atoms with E-state index in [1.807, 2.05) is 6.92 Å². The Hall–Kier alpha value is -1.18. The molecule has 0 aliphatic carbocycles. The van der Waals surface area contributed by atoms with Crippen LogP contribution < -0.4 is 5.32 Å². The van der Waals surface area contributed by atoms with Crippen LogP contribution in [0, 0.1) is 11.8 Å². The van der Waals surface area contributed by atoms with Crippen LogP contribution in [-0.4, -0.2) is 52.8 Å². The number of rotatable bonds is 7. The van der Waals surface area contributed by atoms with E-state index < -0.39 is 5.60 Å². The first-order valence-corrected chi connectivity index (χ1v) is 8.66. The van der Waals surface area contributed by atoms with Gasteiger partial charge in [-0.05, 0) is 25.7 Å². The minimum atomic E-state index is -0.821. The van der Waals surface area contributed by atoms with Crippen LogP contribution in [0.3, 0.4) is 0 Å². The van der Waals surface area contributed by atoms with Crippen molar-refractivity contribution in [3.63, 3.8) is 0 Å². The number of amides is 1. The molecule has 8 heteroatoms. The predicted octanol–water partition coefficient (Wildman–Crippen LogP) is 2.05. The first-order valence-electron chi connectivity index (χ1n) is 8.66. The third-order valence-electron chi connectivity index (χ3n) is 4.85. The second kappa shape index (κ2) is 8.96. The first kappa shape index (κ1) is 21.9. The highest BCUT2D eigenvalue weighted by Gasteiger charge is 2.38. The number of carbonyl (C=O) groups is 1. The van der Waals surface area contributed by atoms with Gasteiger partial charge in [0, 0.05) is 32.7 Å². The Morgan fingerprint density at radius 2 is 2.12 bits per heavy atom. The van der Waals surface area contributed by atoms with Gasteiger partial charge in [0.2, 0.25) is 5.89 Å². The van der Waals surface area contributed by atoms with Gasteiger partial charge in [0.25, 0.3) is 5.91 Å². The average Bonchev–Trinajstić information content (AvgIpc) is 3.14. The van der Waals surface area contributed by atoms with Gasteiger partial charge in [-0.25, -0.2) is 0 Å². The molecule has 0 saturated carbocycles. The van der Waals surface area contributed by atoms with E-state index in [4.69, 9.17) is 9.26 Å². The minimum absolute atomic E-state index is 0. The van der Waals surface area contributed by atoms with Gasteiger partial charge < -0.3 is 14.6 Å². The highest BCUT2D eigenvalue weighted by molar-refractivity contribution is 5.85. The molecule has 0 spiro atoms. The van der Waals surface area contributed by atoms with Crippen LogP contribution in [0.5, 0.6) is 0 Å². The van der Waals surface area contributed by atoms with Gasteiger partial charge in [0.05, 0.1) is 6.54 Å². The smallest absolute Gasteiger partial charge is 0.251 e. The van der Waals surface area contributed by atoms with Crippen LogP contribution >= 0.6 is 12.4 Å². The zero-order valence-electron chi connectivity index (χ0n) is 16.0. The molecule has 1 saturated heterocycles. The third-order valence-corrected chi connectivity index (χ3v) is 4.85. The maximum absolute atomic E-state index is 12.4. The fourth-order valence-corrected chi connectivity index (χ4v) is 3.00. The molecule has 1 N–H and O–H groups in total. The van der Waals surface area contributed by atoms with Crippen molar-refractivity contribution in [2.45, 2.75) is 59.2 Å². The maximum Gasteiger partial charge on any atom is 0.251 e. The van der Waals surface area contributed by atoms with Crippen molar-refractivity contribution >= 4 is 18.3 Å². The van der Waals surface area contributed by atoms with Crippen LogP contribution in [0.4, 0.5) is 0 Å². The summed E-state index contributed by atoms with van der Waals surface area (Å²) in [4.78, 5) is 19.1. The fraction of sp³-hybridized carbons (Fsp3) is 0.824. The molecule has 2 heterocycles. The average molecular weight is 375 g/mol. The number of methoxy groups -OCH3 is 1. The van der Waals surface area contributed by atoms with E-state index in [9.17, 15) is 4.79 Å². The quantitative estimate of drug-likeness (QED) is 0.786. The Labute approximate surface area is 156 Å². The SMILES string of the molecule is CCc1nc(CN2C[C@H](NC(=O)C(C)(C)OC)[C@@H](C(C)C)C2)no1.Cl. The van der Waals surface area contributed by atoms with E-state index >= 15 is 0 Å². The van der Waals surface area contributed by atoms with Crippen LogP contribution in [0.25, 0.3) is 0 Å². The van der Waals surface area contributed by atoms with Gasteiger partial charge in [-0.3, -0.25) is 9.69 Å². The Morgan fingerprint density at radius 1 is 1.44 bits per heavy atom. The Morgan fingerprint density at radius 3 is 2.64 bits per heavy atom. The molecule has 1 fully saturated rings. The van der Waals surface area contributed by atoms with Gasteiger partial charge in [0.15, 0.2) is 5.82 Å². The van der Waals surface area contributed by atoms with Crippen molar-refractivity contribution in [2.75, 3.05) is 20.2 Å². The van der Waals surface area contributed by atoms with E-state index in [0.29, 0.717) is 30.1 Å². The molecule has 1 aromatic heterocycles. The van der Waals surface area contributed by atoms with Crippen molar-refractivity contribution in [3.05, 3.63) is 11.7 Å². The van der Waals surface area contributed by atoms with Crippen molar-refractivity contribution in [2.24, 2.45) is 11.8 Å². The Balaban J connectivity index is 0.00000312. The lowest BCUT2D eigenvalue weighted by molar-refractivity contribution is -0.140. The molecule has 7 nitrogen and oxygen atoms in total. The first-order chi connectivity index (χ1) is 11.3.